The Morgan fingerprint density at radius 3 is 2.51 bits per heavy atom. The summed E-state index contributed by atoms with van der Waals surface area (Å²) in [5, 5.41) is 14.2. The Morgan fingerprint density at radius 1 is 1.11 bits per heavy atom. The van der Waals surface area contributed by atoms with Crippen LogP contribution in [0, 0.1) is 16.1 Å². The highest BCUT2D eigenvalue weighted by molar-refractivity contribution is 7.15. The van der Waals surface area contributed by atoms with Gasteiger partial charge in [-0.3, -0.25) is 4.79 Å². The summed E-state index contributed by atoms with van der Waals surface area (Å²) in [5.74, 6) is -0.975. The molecular weight excluding hydrogens is 483 g/mol. The van der Waals surface area contributed by atoms with Crippen LogP contribution in [0.3, 0.4) is 0 Å². The number of carbonyl (C=O) groups is 1. The van der Waals surface area contributed by atoms with Crippen LogP contribution in [0.1, 0.15) is 55.2 Å². The molecule has 2 unspecified atom stereocenters. The number of rotatable bonds is 9. The number of anilines is 1. The van der Waals surface area contributed by atoms with Gasteiger partial charge < -0.3 is 5.32 Å². The maximum atomic E-state index is 14.2. The number of hydrogen-bond acceptors (Lipinski definition) is 7. The van der Waals surface area contributed by atoms with Gasteiger partial charge in [0.2, 0.25) is 11.0 Å². The molecular formula is C26H25FN4O2S2. The van der Waals surface area contributed by atoms with Crippen molar-refractivity contribution in [2.24, 2.45) is 10.6 Å². The predicted octanol–water partition coefficient (Wildman–Crippen LogP) is 7.42. The standard InChI is InChI=1S/C26H25FN4O2S2/c1-4-20(31-33)16-8-10-17(11-9-16)21-12-13-22(35-21)23(18-6-5-7-19(27)14-18)26(2,3)24(32)29-25-30-28-15-34-25/h5-15,20,23H,4H2,1-3H3,(H,29,30,32). The van der Waals surface area contributed by atoms with Crippen LogP contribution >= 0.6 is 22.7 Å². The molecule has 2 heterocycles. The molecule has 6 nitrogen and oxygen atoms in total. The lowest BCUT2D eigenvalue weighted by molar-refractivity contribution is -0.124. The maximum absolute atomic E-state index is 14.2. The van der Waals surface area contributed by atoms with Crippen molar-refractivity contribution in [3.8, 4) is 10.4 Å². The zero-order valence-electron chi connectivity index (χ0n) is 19.6. The van der Waals surface area contributed by atoms with Gasteiger partial charge in [0.05, 0.1) is 5.41 Å². The number of nitroso groups, excluding NO2 is 1. The lowest BCUT2D eigenvalue weighted by atomic mass is 9.73. The largest absolute Gasteiger partial charge is 0.300 e. The van der Waals surface area contributed by atoms with Crippen molar-refractivity contribution in [3.05, 3.63) is 92.9 Å². The Balaban J connectivity index is 1.70. The first-order valence-corrected chi connectivity index (χ1v) is 12.9. The Labute approximate surface area is 211 Å². The molecule has 2 aromatic heterocycles. The van der Waals surface area contributed by atoms with Crippen LogP contribution in [0.2, 0.25) is 0 Å². The van der Waals surface area contributed by atoms with E-state index in [1.807, 2.05) is 63.2 Å². The maximum Gasteiger partial charge on any atom is 0.232 e. The SMILES string of the molecule is CCC(N=O)c1ccc(-c2ccc(C(c3cccc(F)c3)C(C)(C)C(=O)Nc3nncs3)s2)cc1. The number of benzene rings is 2. The summed E-state index contributed by atoms with van der Waals surface area (Å²) in [6.45, 7) is 5.63. The average Bonchev–Trinajstić information content (AvgIpc) is 3.53. The van der Waals surface area contributed by atoms with E-state index in [9.17, 15) is 14.1 Å². The normalized spacial score (nSPS) is 13.3. The van der Waals surface area contributed by atoms with Crippen molar-refractivity contribution in [1.82, 2.24) is 10.2 Å². The van der Waals surface area contributed by atoms with E-state index in [-0.39, 0.29) is 17.8 Å². The molecule has 0 saturated heterocycles. The first kappa shape index (κ1) is 24.8. The second-order valence-electron chi connectivity index (χ2n) is 8.76. The van der Waals surface area contributed by atoms with Crippen LogP contribution in [0.15, 0.2) is 71.4 Å². The van der Waals surface area contributed by atoms with Crippen LogP contribution in [0.5, 0.6) is 0 Å². The lowest BCUT2D eigenvalue weighted by Gasteiger charge is -2.32. The highest BCUT2D eigenvalue weighted by Gasteiger charge is 2.40. The molecule has 9 heteroatoms. The van der Waals surface area contributed by atoms with Crippen LogP contribution in [-0.4, -0.2) is 16.1 Å². The van der Waals surface area contributed by atoms with Gasteiger partial charge in [-0.1, -0.05) is 73.7 Å². The number of carbonyl (C=O) groups excluding carboxylic acids is 1. The minimum absolute atomic E-state index is 0.227. The minimum Gasteiger partial charge on any atom is -0.300 e. The number of thiophene rings is 1. The summed E-state index contributed by atoms with van der Waals surface area (Å²) < 4.78 is 14.2. The zero-order chi connectivity index (χ0) is 25.0. The molecule has 2 atom stereocenters. The van der Waals surface area contributed by atoms with Gasteiger partial charge in [-0.25, -0.2) is 4.39 Å². The lowest BCUT2D eigenvalue weighted by Crippen LogP contribution is -2.36. The third-order valence-electron chi connectivity index (χ3n) is 6.07. The molecule has 4 aromatic rings. The molecule has 180 valence electrons. The van der Waals surface area contributed by atoms with E-state index in [0.29, 0.717) is 17.1 Å². The van der Waals surface area contributed by atoms with Crippen molar-refractivity contribution in [3.63, 3.8) is 0 Å². The van der Waals surface area contributed by atoms with Gasteiger partial charge in [0.1, 0.15) is 17.4 Å². The topological polar surface area (TPSA) is 84.3 Å². The molecule has 2 aromatic carbocycles. The van der Waals surface area contributed by atoms with Crippen LogP contribution < -0.4 is 5.32 Å². The van der Waals surface area contributed by atoms with Crippen LogP contribution in [-0.2, 0) is 4.79 Å². The molecule has 0 saturated carbocycles. The summed E-state index contributed by atoms with van der Waals surface area (Å²) in [6.07, 6.45) is 0.648. The quantitative estimate of drug-likeness (QED) is 0.238. The molecule has 0 radical (unpaired) electrons. The third-order valence-corrected chi connectivity index (χ3v) is 7.88. The molecule has 0 bridgehead atoms. The van der Waals surface area contributed by atoms with Gasteiger partial charge in [-0.15, -0.1) is 21.5 Å². The van der Waals surface area contributed by atoms with E-state index in [0.717, 1.165) is 20.9 Å². The fourth-order valence-corrected chi connectivity index (χ4v) is 5.91. The number of hydrogen-bond donors (Lipinski definition) is 1. The summed E-state index contributed by atoms with van der Waals surface area (Å²) >= 11 is 2.80. The summed E-state index contributed by atoms with van der Waals surface area (Å²) in [4.78, 5) is 26.4. The molecule has 0 aliphatic carbocycles. The zero-order valence-corrected chi connectivity index (χ0v) is 21.2. The van der Waals surface area contributed by atoms with Crippen LogP contribution in [0.25, 0.3) is 10.4 Å². The molecule has 1 amide bonds. The molecule has 35 heavy (non-hydrogen) atoms. The molecule has 1 N–H and O–H groups in total. The van der Waals surface area contributed by atoms with Gasteiger partial charge in [0, 0.05) is 15.7 Å². The van der Waals surface area contributed by atoms with Crippen molar-refractivity contribution in [2.75, 3.05) is 5.32 Å². The number of nitrogens with zero attached hydrogens (tertiary/aromatic N) is 3. The van der Waals surface area contributed by atoms with E-state index in [4.69, 9.17) is 0 Å². The van der Waals surface area contributed by atoms with Crippen LogP contribution in [0.4, 0.5) is 9.52 Å². The van der Waals surface area contributed by atoms with Gasteiger partial charge in [0.25, 0.3) is 0 Å². The number of halogens is 1. The van der Waals surface area contributed by atoms with Crippen molar-refractivity contribution < 1.29 is 9.18 Å². The molecule has 0 fully saturated rings. The summed E-state index contributed by atoms with van der Waals surface area (Å²) in [5.41, 5.74) is 3.23. The number of aromatic nitrogens is 2. The first-order chi connectivity index (χ1) is 16.8. The van der Waals surface area contributed by atoms with Crippen molar-refractivity contribution in [2.45, 2.75) is 39.2 Å². The molecule has 0 aliphatic rings. The minimum atomic E-state index is -0.921. The number of amides is 1. The van der Waals surface area contributed by atoms with Crippen molar-refractivity contribution >= 4 is 33.7 Å². The van der Waals surface area contributed by atoms with E-state index < -0.39 is 11.3 Å². The van der Waals surface area contributed by atoms with Gasteiger partial charge in [0.15, 0.2) is 0 Å². The second-order valence-corrected chi connectivity index (χ2v) is 10.7. The van der Waals surface area contributed by atoms with E-state index >= 15 is 0 Å². The Morgan fingerprint density at radius 2 is 1.89 bits per heavy atom. The average molecular weight is 509 g/mol. The Kier molecular flexibility index (Phi) is 7.47. The Hall–Kier alpha value is -3.30. The van der Waals surface area contributed by atoms with E-state index in [1.165, 1.54) is 23.5 Å². The highest BCUT2D eigenvalue weighted by atomic mass is 32.1. The molecule has 0 spiro atoms. The fourth-order valence-electron chi connectivity index (χ4n) is 4.14. The van der Waals surface area contributed by atoms with Gasteiger partial charge in [-0.2, -0.15) is 4.91 Å². The first-order valence-electron chi connectivity index (χ1n) is 11.2. The predicted molar refractivity (Wildman–Crippen MR) is 139 cm³/mol. The molecule has 4 rings (SSSR count). The summed E-state index contributed by atoms with van der Waals surface area (Å²) in [6, 6.07) is 17.8. The monoisotopic (exact) mass is 508 g/mol. The highest BCUT2D eigenvalue weighted by Crippen LogP contribution is 2.46. The van der Waals surface area contributed by atoms with Crippen molar-refractivity contribution in [1.29, 1.82) is 0 Å². The van der Waals surface area contributed by atoms with E-state index in [2.05, 4.69) is 20.7 Å². The van der Waals surface area contributed by atoms with Gasteiger partial charge >= 0.3 is 0 Å². The third kappa shape index (κ3) is 5.36. The second kappa shape index (κ2) is 10.5. The smallest absolute Gasteiger partial charge is 0.232 e. The molecule has 0 aliphatic heterocycles. The fraction of sp³-hybridized carbons (Fsp3) is 0.269. The number of nitrogens with one attached hydrogen (secondary N) is 1. The Bertz CT molecular complexity index is 1300. The summed E-state index contributed by atoms with van der Waals surface area (Å²) in [7, 11) is 0. The van der Waals surface area contributed by atoms with Gasteiger partial charge in [-0.05, 0) is 47.4 Å². The van der Waals surface area contributed by atoms with E-state index in [1.54, 1.807) is 22.9 Å².